The molecule has 0 aliphatic carbocycles. The molecule has 2 aromatic carbocycles. The molecule has 1 fully saturated rings. The van der Waals surface area contributed by atoms with Gasteiger partial charge in [0.2, 0.25) is 5.91 Å². The van der Waals surface area contributed by atoms with Crippen LogP contribution in [0.25, 0.3) is 11.1 Å². The Morgan fingerprint density at radius 3 is 2.77 bits per heavy atom. The summed E-state index contributed by atoms with van der Waals surface area (Å²) in [5, 5.41) is 13.5. The van der Waals surface area contributed by atoms with Gasteiger partial charge in [-0.3, -0.25) is 14.3 Å². The Morgan fingerprint density at radius 2 is 2.03 bits per heavy atom. The number of amides is 2. The summed E-state index contributed by atoms with van der Waals surface area (Å²) in [6, 6.07) is 8.32. The fourth-order valence-electron chi connectivity index (χ4n) is 4.33. The minimum Gasteiger partial charge on any atom is -0.443 e. The normalized spacial score (nSPS) is 18.3. The molecule has 1 N–H and O–H groups in total. The van der Waals surface area contributed by atoms with Gasteiger partial charge in [-0.1, -0.05) is 6.07 Å². The minimum atomic E-state index is -0.738. The Labute approximate surface area is 220 Å². The number of nitrogens with zero attached hydrogens (tertiary/aromatic N) is 4. The SMILES string of the molecule is CC(=O)NC[C@H]1CN(c2ccc(-c3cc(CO[C@@H]4COc5nc([N+](=O)[O-])cn5C4)ccc3F)c(F)c2)C(=O)O1. The van der Waals surface area contributed by atoms with Crippen molar-refractivity contribution in [3.63, 3.8) is 0 Å². The monoisotopic (exact) mass is 543 g/mol. The molecular weight excluding hydrogens is 520 g/mol. The molecule has 0 unspecified atom stereocenters. The number of hydrogen-bond donors (Lipinski definition) is 1. The van der Waals surface area contributed by atoms with E-state index in [2.05, 4.69) is 10.3 Å². The van der Waals surface area contributed by atoms with Gasteiger partial charge in [-0.2, -0.15) is 0 Å². The molecule has 204 valence electrons. The van der Waals surface area contributed by atoms with E-state index in [1.165, 1.54) is 52.9 Å². The van der Waals surface area contributed by atoms with E-state index in [0.29, 0.717) is 5.56 Å². The van der Waals surface area contributed by atoms with Crippen molar-refractivity contribution in [2.75, 3.05) is 24.6 Å². The van der Waals surface area contributed by atoms with Gasteiger partial charge in [0.05, 0.1) is 31.9 Å². The van der Waals surface area contributed by atoms with Gasteiger partial charge in [-0.25, -0.2) is 13.6 Å². The van der Waals surface area contributed by atoms with E-state index < -0.39 is 34.9 Å². The van der Waals surface area contributed by atoms with Crippen molar-refractivity contribution in [2.24, 2.45) is 0 Å². The van der Waals surface area contributed by atoms with E-state index in [9.17, 15) is 24.1 Å². The van der Waals surface area contributed by atoms with Gasteiger partial charge in [-0.05, 0) is 40.8 Å². The second-order valence-corrected chi connectivity index (χ2v) is 9.07. The number of ether oxygens (including phenoxy) is 3. The Morgan fingerprint density at radius 1 is 1.21 bits per heavy atom. The molecule has 0 spiro atoms. The molecule has 14 heteroatoms. The molecule has 1 aromatic heterocycles. The van der Waals surface area contributed by atoms with Crippen molar-refractivity contribution in [3.8, 4) is 17.1 Å². The third-order valence-corrected chi connectivity index (χ3v) is 6.24. The average Bonchev–Trinajstić information content (AvgIpc) is 3.50. The summed E-state index contributed by atoms with van der Waals surface area (Å²) in [7, 11) is 0. The predicted molar refractivity (Wildman–Crippen MR) is 131 cm³/mol. The number of carbonyl (C=O) groups is 2. The summed E-state index contributed by atoms with van der Waals surface area (Å²) < 4.78 is 47.8. The number of nitrogens with one attached hydrogen (secondary N) is 1. The van der Waals surface area contributed by atoms with E-state index in [4.69, 9.17) is 14.2 Å². The summed E-state index contributed by atoms with van der Waals surface area (Å²) >= 11 is 0. The van der Waals surface area contributed by atoms with Crippen LogP contribution < -0.4 is 15.0 Å². The van der Waals surface area contributed by atoms with Crippen LogP contribution in [0.3, 0.4) is 0 Å². The molecule has 1 saturated heterocycles. The highest BCUT2D eigenvalue weighted by Gasteiger charge is 2.33. The van der Waals surface area contributed by atoms with Gasteiger partial charge >= 0.3 is 17.9 Å². The molecule has 5 rings (SSSR count). The van der Waals surface area contributed by atoms with Crippen LogP contribution >= 0.6 is 0 Å². The topological polar surface area (TPSA) is 138 Å². The molecule has 0 radical (unpaired) electrons. The van der Waals surface area contributed by atoms with Crippen LogP contribution in [-0.4, -0.2) is 58.4 Å². The number of imidazole rings is 1. The van der Waals surface area contributed by atoms with Crippen molar-refractivity contribution < 1.29 is 37.5 Å². The molecule has 2 atom stereocenters. The van der Waals surface area contributed by atoms with Gasteiger partial charge in [-0.15, -0.1) is 0 Å². The second-order valence-electron chi connectivity index (χ2n) is 9.07. The number of benzene rings is 2. The molecular formula is C25H23F2N5O7. The van der Waals surface area contributed by atoms with Crippen molar-refractivity contribution in [2.45, 2.75) is 32.3 Å². The van der Waals surface area contributed by atoms with Crippen LogP contribution in [0.5, 0.6) is 6.01 Å². The highest BCUT2D eigenvalue weighted by Crippen LogP contribution is 2.31. The lowest BCUT2D eigenvalue weighted by atomic mass is 10.0. The lowest BCUT2D eigenvalue weighted by Crippen LogP contribution is -2.33. The van der Waals surface area contributed by atoms with Gasteiger partial charge in [0.1, 0.15) is 36.6 Å². The maximum absolute atomic E-state index is 15.1. The molecule has 0 saturated carbocycles. The molecule has 2 amide bonds. The molecule has 39 heavy (non-hydrogen) atoms. The standard InChI is InChI=1S/C25H23F2N5O7/c1-14(33)28-8-17-10-31(25(34)39-17)16-3-4-19(22(27)7-16)20-6-15(2-5-21(20)26)12-37-18-9-30-11-23(32(35)36)29-24(30)38-13-18/h2-7,11,17-18H,8-10,12-13H2,1H3,(H,28,33)/t17-,18-/m0/s1. The Hall–Kier alpha value is -4.59. The van der Waals surface area contributed by atoms with E-state index in [-0.39, 0.29) is 67.4 Å². The summed E-state index contributed by atoms with van der Waals surface area (Å²) in [5.41, 5.74) is 0.820. The Balaban J connectivity index is 1.26. The van der Waals surface area contributed by atoms with E-state index in [1.54, 1.807) is 0 Å². The number of rotatable bonds is 8. The van der Waals surface area contributed by atoms with Crippen molar-refractivity contribution in [3.05, 3.63) is 69.9 Å². The predicted octanol–water partition coefficient (Wildman–Crippen LogP) is 3.18. The quantitative estimate of drug-likeness (QED) is 0.338. The summed E-state index contributed by atoms with van der Waals surface area (Å²) in [4.78, 5) is 38.7. The van der Waals surface area contributed by atoms with Crippen molar-refractivity contribution >= 4 is 23.5 Å². The zero-order valence-electron chi connectivity index (χ0n) is 20.6. The number of nitro groups is 1. The fraction of sp³-hybridized carbons (Fsp3) is 0.320. The smallest absolute Gasteiger partial charge is 0.414 e. The summed E-state index contributed by atoms with van der Waals surface area (Å²) in [5.74, 6) is -1.97. The van der Waals surface area contributed by atoms with E-state index in [1.807, 2.05) is 0 Å². The highest BCUT2D eigenvalue weighted by molar-refractivity contribution is 5.90. The van der Waals surface area contributed by atoms with Crippen LogP contribution in [0.2, 0.25) is 0 Å². The van der Waals surface area contributed by atoms with Gasteiger partial charge in [0.15, 0.2) is 0 Å². The number of aromatic nitrogens is 2. The van der Waals surface area contributed by atoms with E-state index in [0.717, 1.165) is 6.07 Å². The Kier molecular flexibility index (Phi) is 7.11. The number of cyclic esters (lactones) is 1. The average molecular weight is 543 g/mol. The van der Waals surface area contributed by atoms with Gasteiger partial charge in [0.25, 0.3) is 0 Å². The third kappa shape index (κ3) is 5.65. The first-order valence-electron chi connectivity index (χ1n) is 11.9. The van der Waals surface area contributed by atoms with Crippen LogP contribution in [0, 0.1) is 21.7 Å². The molecule has 12 nitrogen and oxygen atoms in total. The zero-order chi connectivity index (χ0) is 27.7. The maximum Gasteiger partial charge on any atom is 0.414 e. The molecule has 0 bridgehead atoms. The van der Waals surface area contributed by atoms with Crippen LogP contribution in [0.1, 0.15) is 12.5 Å². The minimum absolute atomic E-state index is 0.00294. The number of anilines is 1. The van der Waals surface area contributed by atoms with Crippen LogP contribution in [0.4, 0.5) is 25.1 Å². The first kappa shape index (κ1) is 26.0. The second kappa shape index (κ2) is 10.6. The zero-order valence-corrected chi connectivity index (χ0v) is 20.6. The third-order valence-electron chi connectivity index (χ3n) is 6.24. The number of carbonyl (C=O) groups excluding carboxylic acids is 2. The number of halogens is 2. The summed E-state index contributed by atoms with van der Waals surface area (Å²) in [6.07, 6.45) is -0.432. The lowest BCUT2D eigenvalue weighted by molar-refractivity contribution is -0.389. The number of hydrogen-bond acceptors (Lipinski definition) is 8. The first-order valence-corrected chi connectivity index (χ1v) is 11.9. The van der Waals surface area contributed by atoms with Crippen molar-refractivity contribution in [1.29, 1.82) is 0 Å². The highest BCUT2D eigenvalue weighted by atomic mass is 19.1. The first-order chi connectivity index (χ1) is 18.7. The van der Waals surface area contributed by atoms with Gasteiger partial charge in [0, 0.05) is 23.0 Å². The Bertz CT molecular complexity index is 1450. The fourth-order valence-corrected chi connectivity index (χ4v) is 4.33. The maximum atomic E-state index is 15.1. The molecule has 2 aliphatic rings. The number of fused-ring (bicyclic) bond motifs is 1. The molecule has 3 heterocycles. The van der Waals surface area contributed by atoms with E-state index >= 15 is 4.39 Å². The molecule has 3 aromatic rings. The summed E-state index contributed by atoms with van der Waals surface area (Å²) in [6.45, 7) is 2.07. The van der Waals surface area contributed by atoms with Crippen LogP contribution in [0.15, 0.2) is 42.6 Å². The van der Waals surface area contributed by atoms with Crippen molar-refractivity contribution in [1.82, 2.24) is 14.9 Å². The lowest BCUT2D eigenvalue weighted by Gasteiger charge is -2.22. The van der Waals surface area contributed by atoms with Gasteiger partial charge < -0.3 is 29.6 Å². The molecule has 2 aliphatic heterocycles. The van der Waals surface area contributed by atoms with Crippen LogP contribution in [-0.2, 0) is 27.4 Å². The largest absolute Gasteiger partial charge is 0.443 e.